The van der Waals surface area contributed by atoms with E-state index in [1.807, 2.05) is 0 Å². The van der Waals surface area contributed by atoms with Crippen molar-refractivity contribution in [3.63, 3.8) is 0 Å². The summed E-state index contributed by atoms with van der Waals surface area (Å²) in [5.74, 6) is 0. The Morgan fingerprint density at radius 1 is 0.714 bits per heavy atom. The van der Waals surface area contributed by atoms with Crippen molar-refractivity contribution >= 4 is 50.4 Å². The fourth-order valence-electron chi connectivity index (χ4n) is 0.279. The molecule has 0 N–H and O–H groups in total. The molecule has 0 atom stereocenters. The zero-order valence-electron chi connectivity index (χ0n) is 3.85. The molecule has 7 heavy (non-hydrogen) atoms. The van der Waals surface area contributed by atoms with E-state index < -0.39 is 0 Å². The van der Waals surface area contributed by atoms with E-state index in [1.54, 1.807) is 0 Å². The minimum Gasteiger partial charge on any atom is -0.458 e. The third kappa shape index (κ3) is 3.57. The van der Waals surface area contributed by atoms with Crippen molar-refractivity contribution in [2.24, 2.45) is 0 Å². The molecule has 1 saturated heterocycles. The van der Waals surface area contributed by atoms with Crippen LogP contribution in [0.2, 0.25) is 0 Å². The van der Waals surface area contributed by atoms with Crippen molar-refractivity contribution in [1.29, 1.82) is 0 Å². The van der Waals surface area contributed by atoms with Gasteiger partial charge in [-0.1, -0.05) is 0 Å². The van der Waals surface area contributed by atoms with Crippen LogP contribution in [0.5, 0.6) is 0 Å². The zero-order valence-corrected chi connectivity index (χ0v) is 7.73. The molecule has 0 aromatic heterocycles. The molecular weight excluding hydrogens is 288 g/mol. The first-order valence-corrected chi connectivity index (χ1v) is 1.73. The van der Waals surface area contributed by atoms with Crippen molar-refractivity contribution in [3.05, 3.63) is 0 Å². The molecule has 0 aromatic carbocycles. The van der Waals surface area contributed by atoms with Gasteiger partial charge >= 0.3 is 23.1 Å². The van der Waals surface area contributed by atoms with E-state index in [9.17, 15) is 0 Å². The van der Waals surface area contributed by atoms with E-state index in [4.69, 9.17) is 0 Å². The molecule has 1 rings (SSSR count). The summed E-state index contributed by atoms with van der Waals surface area (Å²) in [7, 11) is 1.12. The maximum absolute atomic E-state index is 4.62. The van der Waals surface area contributed by atoms with Crippen molar-refractivity contribution < 1.29 is 13.7 Å². The Balaban J connectivity index is 0.000000360. The third-order valence-electron chi connectivity index (χ3n) is 0.500. The molecule has 7 heteroatoms. The summed E-state index contributed by atoms with van der Waals surface area (Å²) in [6.45, 7) is 0. The van der Waals surface area contributed by atoms with Crippen molar-refractivity contribution in [3.8, 4) is 0 Å². The third-order valence-corrected chi connectivity index (χ3v) is 0.500. The second-order valence-electron chi connectivity index (χ2n) is 0.966. The standard InChI is InChI=1S/B3H3O3.Pb/c1-4-2-6-3-5-1;/h1-3H;. The Kier molecular flexibility index (Phi) is 5.87. The summed E-state index contributed by atoms with van der Waals surface area (Å²) in [5.41, 5.74) is 0. The molecule has 3 nitrogen and oxygen atoms in total. The average molecular weight is 291 g/mol. The molecule has 4 radical (unpaired) electrons. The molecule has 1 aliphatic rings. The number of hydrogen-bond acceptors (Lipinski definition) is 3. The molecule has 0 aliphatic carbocycles. The van der Waals surface area contributed by atoms with Crippen LogP contribution in [0.15, 0.2) is 0 Å². The van der Waals surface area contributed by atoms with Crippen LogP contribution in [-0.4, -0.2) is 50.4 Å². The summed E-state index contributed by atoms with van der Waals surface area (Å²) in [6.07, 6.45) is 0. The minimum absolute atomic E-state index is 0. The Morgan fingerprint density at radius 3 is 1.14 bits per heavy atom. The van der Waals surface area contributed by atoms with E-state index in [-0.39, 0.29) is 27.3 Å². The molecule has 1 fully saturated rings. The van der Waals surface area contributed by atoms with Crippen molar-refractivity contribution in [2.45, 2.75) is 0 Å². The van der Waals surface area contributed by atoms with E-state index in [2.05, 4.69) is 13.7 Å². The smallest absolute Gasteiger partial charge is 0.410 e. The molecule has 1 heterocycles. The average Bonchev–Trinajstić information content (AvgIpc) is 1.72. The predicted molar refractivity (Wildman–Crippen MR) is 30.5 cm³/mol. The van der Waals surface area contributed by atoms with E-state index >= 15 is 0 Å². The number of hydrogen-bond donors (Lipinski definition) is 0. The van der Waals surface area contributed by atoms with Crippen LogP contribution in [0.1, 0.15) is 0 Å². The summed E-state index contributed by atoms with van der Waals surface area (Å²) < 4.78 is 13.9. The van der Waals surface area contributed by atoms with Crippen LogP contribution in [0, 0.1) is 0 Å². The molecule has 0 spiro atoms. The van der Waals surface area contributed by atoms with Crippen LogP contribution in [0.25, 0.3) is 0 Å². The van der Waals surface area contributed by atoms with Crippen LogP contribution in [0.3, 0.4) is 0 Å². The van der Waals surface area contributed by atoms with Crippen molar-refractivity contribution in [2.75, 3.05) is 0 Å². The van der Waals surface area contributed by atoms with Gasteiger partial charge in [0.1, 0.15) is 0 Å². The SMILES string of the molecule is B1OBOBO1.[Pb]. The monoisotopic (exact) mass is 292 g/mol. The first kappa shape index (κ1) is 8.00. The molecule has 0 aromatic rings. The first-order chi connectivity index (χ1) is 3.00. The van der Waals surface area contributed by atoms with Gasteiger partial charge in [0.25, 0.3) is 0 Å². The maximum atomic E-state index is 4.62. The van der Waals surface area contributed by atoms with Gasteiger partial charge in [0.15, 0.2) is 0 Å². The fourth-order valence-corrected chi connectivity index (χ4v) is 0.279. The Labute approximate surface area is 64.2 Å². The van der Waals surface area contributed by atoms with Gasteiger partial charge in [0.2, 0.25) is 0 Å². The van der Waals surface area contributed by atoms with Gasteiger partial charge in [0, 0.05) is 27.3 Å². The van der Waals surface area contributed by atoms with Crippen LogP contribution >= 0.6 is 0 Å². The predicted octanol–water partition coefficient (Wildman–Crippen LogP) is -2.53. The molecule has 0 saturated carbocycles. The van der Waals surface area contributed by atoms with Gasteiger partial charge in [-0.3, -0.25) is 0 Å². The first-order valence-electron chi connectivity index (χ1n) is 1.73. The normalized spacial score (nSPS) is 17.1. The maximum Gasteiger partial charge on any atom is 0.410 e. The zero-order chi connectivity index (χ0) is 4.24. The minimum atomic E-state index is 0. The van der Waals surface area contributed by atoms with Crippen LogP contribution in [0.4, 0.5) is 0 Å². The molecule has 0 bridgehead atoms. The molecule has 1 aliphatic heterocycles. The Morgan fingerprint density at radius 2 is 1.00 bits per heavy atom. The second-order valence-corrected chi connectivity index (χ2v) is 0.966. The Bertz CT molecular complexity index is 25.7. The summed E-state index contributed by atoms with van der Waals surface area (Å²) in [6, 6.07) is 0. The van der Waals surface area contributed by atoms with E-state index in [0.29, 0.717) is 23.1 Å². The van der Waals surface area contributed by atoms with Gasteiger partial charge in [0.05, 0.1) is 0 Å². The summed E-state index contributed by atoms with van der Waals surface area (Å²) >= 11 is 0. The summed E-state index contributed by atoms with van der Waals surface area (Å²) in [5, 5.41) is 0. The van der Waals surface area contributed by atoms with Gasteiger partial charge in [-0.25, -0.2) is 0 Å². The summed E-state index contributed by atoms with van der Waals surface area (Å²) in [4.78, 5) is 0. The largest absolute Gasteiger partial charge is 0.458 e. The van der Waals surface area contributed by atoms with Crippen molar-refractivity contribution in [1.82, 2.24) is 0 Å². The molecular formula is H3B3O3Pb. The van der Waals surface area contributed by atoms with Gasteiger partial charge < -0.3 is 13.7 Å². The van der Waals surface area contributed by atoms with Gasteiger partial charge in [-0.2, -0.15) is 0 Å². The van der Waals surface area contributed by atoms with Crippen LogP contribution < -0.4 is 0 Å². The van der Waals surface area contributed by atoms with Gasteiger partial charge in [-0.15, -0.1) is 0 Å². The quantitative estimate of drug-likeness (QED) is 0.461. The molecule has 34 valence electrons. The fraction of sp³-hybridized carbons (Fsp3) is 0. The topological polar surface area (TPSA) is 27.7 Å². The van der Waals surface area contributed by atoms with E-state index in [1.165, 1.54) is 0 Å². The number of rotatable bonds is 0. The second kappa shape index (κ2) is 5.14. The van der Waals surface area contributed by atoms with Gasteiger partial charge in [-0.05, 0) is 0 Å². The van der Waals surface area contributed by atoms with E-state index in [0.717, 1.165) is 0 Å². The Hall–Kier alpha value is 0.997. The molecule has 0 unspecified atom stereocenters. The molecule has 0 amide bonds. The van der Waals surface area contributed by atoms with Crippen LogP contribution in [-0.2, 0) is 13.7 Å².